The van der Waals surface area contributed by atoms with Crippen LogP contribution in [0.15, 0.2) is 23.1 Å². The van der Waals surface area contributed by atoms with Crippen molar-refractivity contribution < 1.29 is 6.16 Å². The van der Waals surface area contributed by atoms with Crippen LogP contribution in [0, 0.1) is 0 Å². The molecule has 1 aliphatic carbocycles. The summed E-state index contributed by atoms with van der Waals surface area (Å²) < 4.78 is 5.46. The summed E-state index contributed by atoms with van der Waals surface area (Å²) in [6.45, 7) is 8.89. The molecule has 2 nitrogen and oxygen atoms in total. The van der Waals surface area contributed by atoms with Crippen molar-refractivity contribution in [3.05, 3.63) is 23.1 Å². The highest BCUT2D eigenvalue weighted by atomic mass is 16.5. The fourth-order valence-corrected chi connectivity index (χ4v) is 1.63. The molecule has 0 bridgehead atoms. The van der Waals surface area contributed by atoms with Crippen LogP contribution in [0.3, 0.4) is 0 Å². The molecule has 0 aromatic carbocycles. The third-order valence-corrected chi connectivity index (χ3v) is 2.30. The molecule has 0 unspecified atom stereocenters. The maximum atomic E-state index is 5.46. The van der Waals surface area contributed by atoms with Gasteiger partial charge in [-0.1, -0.05) is 27.7 Å². The molecule has 90 valence electrons. The Morgan fingerprint density at radius 3 is 2.40 bits per heavy atom. The second-order valence-corrected chi connectivity index (χ2v) is 2.97. The van der Waals surface area contributed by atoms with Crippen molar-refractivity contribution in [3.8, 4) is 0 Å². The molecule has 2 rings (SSSR count). The second-order valence-electron chi connectivity index (χ2n) is 2.97. The van der Waals surface area contributed by atoms with Crippen LogP contribution in [0.25, 0.3) is 0 Å². The van der Waals surface area contributed by atoms with Crippen LogP contribution in [-0.2, 0) is 4.74 Å². The van der Waals surface area contributed by atoms with Gasteiger partial charge >= 0.3 is 0 Å². The number of hydrogen-bond acceptors (Lipinski definition) is 2. The van der Waals surface area contributed by atoms with Gasteiger partial charge in [0, 0.05) is 27.0 Å². The van der Waals surface area contributed by atoms with Gasteiger partial charge in [-0.15, -0.1) is 0 Å². The molecular weight excluding hydrogens is 186 g/mol. The highest BCUT2D eigenvalue weighted by Gasteiger charge is 2.18. The lowest BCUT2D eigenvalue weighted by molar-refractivity contribution is 0.233. The van der Waals surface area contributed by atoms with E-state index in [0.29, 0.717) is 0 Å². The molecular formula is C13H27NO. The Morgan fingerprint density at radius 1 is 1.13 bits per heavy atom. The van der Waals surface area contributed by atoms with Gasteiger partial charge in [-0.05, 0) is 18.1 Å². The van der Waals surface area contributed by atoms with E-state index in [-0.39, 0.29) is 1.43 Å². The molecule has 1 aliphatic heterocycles. The minimum Gasteiger partial charge on any atom is -0.497 e. The van der Waals surface area contributed by atoms with Crippen LogP contribution >= 0.6 is 0 Å². The molecule has 15 heavy (non-hydrogen) atoms. The van der Waals surface area contributed by atoms with Crippen molar-refractivity contribution in [1.82, 2.24) is 5.32 Å². The Bertz CT molecular complexity index is 234. The monoisotopic (exact) mass is 213 g/mol. The van der Waals surface area contributed by atoms with Gasteiger partial charge in [0.05, 0.1) is 12.4 Å². The first-order valence-electron chi connectivity index (χ1n) is 6.13. The van der Waals surface area contributed by atoms with E-state index in [9.17, 15) is 0 Å². The summed E-state index contributed by atoms with van der Waals surface area (Å²) in [5, 5.41) is 3.19. The highest BCUT2D eigenvalue weighted by molar-refractivity contribution is 5.32. The first-order chi connectivity index (χ1) is 7.40. The molecule has 0 atom stereocenters. The van der Waals surface area contributed by atoms with Crippen LogP contribution < -0.4 is 5.32 Å². The molecule has 0 saturated carbocycles. The van der Waals surface area contributed by atoms with E-state index >= 15 is 0 Å². The molecule has 0 amide bonds. The fraction of sp³-hybridized carbons (Fsp3) is 0.692. The van der Waals surface area contributed by atoms with E-state index in [1.165, 1.54) is 17.0 Å². The first-order valence-corrected chi connectivity index (χ1v) is 6.13. The van der Waals surface area contributed by atoms with Crippen LogP contribution in [0.2, 0.25) is 0 Å². The van der Waals surface area contributed by atoms with E-state index < -0.39 is 0 Å². The number of hydrogen-bond donors (Lipinski definition) is 1. The second kappa shape index (κ2) is 8.39. The summed E-state index contributed by atoms with van der Waals surface area (Å²) in [5.74, 6) is 1.23. The van der Waals surface area contributed by atoms with Gasteiger partial charge in [-0.25, -0.2) is 0 Å². The fourth-order valence-electron chi connectivity index (χ4n) is 1.63. The standard InChI is InChI=1S/C9H13NO.2C2H6.H2/c1-10-8-2-3-9-7(6-8)4-5-11-9;2*1-2;/h6,10H,2-5H2,1H3;2*1-2H3;1H. The van der Waals surface area contributed by atoms with Gasteiger partial charge in [-0.2, -0.15) is 0 Å². The van der Waals surface area contributed by atoms with Crippen molar-refractivity contribution >= 4 is 0 Å². The van der Waals surface area contributed by atoms with Crippen LogP contribution in [0.4, 0.5) is 0 Å². The smallest absolute Gasteiger partial charge is 0.0997 e. The van der Waals surface area contributed by atoms with E-state index in [1.807, 2.05) is 34.7 Å². The average Bonchev–Trinajstić information content (AvgIpc) is 2.81. The van der Waals surface area contributed by atoms with Gasteiger partial charge in [-0.3, -0.25) is 0 Å². The number of ether oxygens (including phenoxy) is 1. The maximum Gasteiger partial charge on any atom is 0.0997 e. The van der Waals surface area contributed by atoms with Crippen molar-refractivity contribution in [1.29, 1.82) is 0 Å². The van der Waals surface area contributed by atoms with Crippen molar-refractivity contribution in [3.63, 3.8) is 0 Å². The van der Waals surface area contributed by atoms with Crippen LogP contribution in [0.1, 0.15) is 48.4 Å². The van der Waals surface area contributed by atoms with Gasteiger partial charge in [0.1, 0.15) is 0 Å². The van der Waals surface area contributed by atoms with Gasteiger partial charge in [0.2, 0.25) is 0 Å². The Balaban J connectivity index is 0. The first kappa shape index (κ1) is 14.1. The molecule has 0 saturated heterocycles. The molecule has 0 aromatic rings. The normalized spacial score (nSPS) is 17.3. The zero-order chi connectivity index (χ0) is 11.7. The summed E-state index contributed by atoms with van der Waals surface area (Å²) in [7, 11) is 1.98. The molecule has 0 spiro atoms. The molecule has 2 aliphatic rings. The highest BCUT2D eigenvalue weighted by Crippen LogP contribution is 2.30. The van der Waals surface area contributed by atoms with Crippen molar-refractivity contribution in [2.45, 2.75) is 47.0 Å². The van der Waals surface area contributed by atoms with E-state index in [4.69, 9.17) is 4.74 Å². The molecule has 2 heteroatoms. The number of nitrogens with one attached hydrogen (secondary N) is 1. The summed E-state index contributed by atoms with van der Waals surface area (Å²) >= 11 is 0. The minimum atomic E-state index is 0. The number of rotatable bonds is 1. The Kier molecular flexibility index (Phi) is 7.88. The third-order valence-electron chi connectivity index (χ3n) is 2.30. The Labute approximate surface area is 95.9 Å². The lowest BCUT2D eigenvalue weighted by atomic mass is 10.0. The van der Waals surface area contributed by atoms with Crippen molar-refractivity contribution in [2.24, 2.45) is 0 Å². The zero-order valence-electron chi connectivity index (χ0n) is 10.8. The summed E-state index contributed by atoms with van der Waals surface area (Å²) in [5.41, 5.74) is 2.75. The number of allylic oxidation sites excluding steroid dienone is 3. The Hall–Kier alpha value is -0.920. The summed E-state index contributed by atoms with van der Waals surface area (Å²) in [6.07, 6.45) is 5.52. The quantitative estimate of drug-likeness (QED) is 0.714. The average molecular weight is 213 g/mol. The lowest BCUT2D eigenvalue weighted by Crippen LogP contribution is -2.09. The zero-order valence-corrected chi connectivity index (χ0v) is 10.8. The van der Waals surface area contributed by atoms with Crippen LogP contribution in [-0.4, -0.2) is 13.7 Å². The molecule has 1 heterocycles. The van der Waals surface area contributed by atoms with Crippen LogP contribution in [0.5, 0.6) is 0 Å². The maximum absolute atomic E-state index is 5.46. The Morgan fingerprint density at radius 2 is 1.80 bits per heavy atom. The predicted molar refractivity (Wildman–Crippen MR) is 68.8 cm³/mol. The van der Waals surface area contributed by atoms with Gasteiger partial charge in [0.15, 0.2) is 0 Å². The van der Waals surface area contributed by atoms with E-state index in [0.717, 1.165) is 25.9 Å². The molecule has 0 fully saturated rings. The van der Waals surface area contributed by atoms with E-state index in [1.54, 1.807) is 0 Å². The minimum absolute atomic E-state index is 0. The SMILES string of the molecule is CC.CC.CNC1=CC2=C(CC1)OCC2.[HH]. The van der Waals surface area contributed by atoms with Gasteiger partial charge in [0.25, 0.3) is 0 Å². The van der Waals surface area contributed by atoms with Gasteiger partial charge < -0.3 is 10.1 Å². The summed E-state index contributed by atoms with van der Waals surface area (Å²) in [6, 6.07) is 0. The third kappa shape index (κ3) is 3.98. The molecule has 0 radical (unpaired) electrons. The molecule has 1 N–H and O–H groups in total. The van der Waals surface area contributed by atoms with Crippen molar-refractivity contribution in [2.75, 3.05) is 13.7 Å². The van der Waals surface area contributed by atoms with E-state index in [2.05, 4.69) is 11.4 Å². The molecule has 0 aromatic heterocycles. The lowest BCUT2D eigenvalue weighted by Gasteiger charge is -2.13. The predicted octanol–water partition coefficient (Wildman–Crippen LogP) is 3.86. The largest absolute Gasteiger partial charge is 0.497 e. The topological polar surface area (TPSA) is 21.3 Å². The summed E-state index contributed by atoms with van der Waals surface area (Å²) in [4.78, 5) is 0.